The van der Waals surface area contributed by atoms with Crippen molar-refractivity contribution in [2.24, 2.45) is 0 Å². The predicted molar refractivity (Wildman–Crippen MR) is 130 cm³/mol. The van der Waals surface area contributed by atoms with Crippen LogP contribution in [0, 0.1) is 13.8 Å². The molecule has 8 heteroatoms. The van der Waals surface area contributed by atoms with Gasteiger partial charge in [-0.15, -0.1) is 22.9 Å². The van der Waals surface area contributed by atoms with Crippen LogP contribution in [0.5, 0.6) is 0 Å². The summed E-state index contributed by atoms with van der Waals surface area (Å²) >= 11 is 8.12. The molecule has 4 rings (SSSR count). The lowest BCUT2D eigenvalue weighted by atomic mass is 9.99. The second-order valence-corrected chi connectivity index (χ2v) is 12.1. The van der Waals surface area contributed by atoms with E-state index in [-0.39, 0.29) is 0 Å². The maximum absolute atomic E-state index is 13.2. The summed E-state index contributed by atoms with van der Waals surface area (Å²) in [5.74, 6) is 0. The lowest BCUT2D eigenvalue weighted by Gasteiger charge is -2.38. The first-order chi connectivity index (χ1) is 14.7. The molecule has 0 N–H and O–H groups in total. The van der Waals surface area contributed by atoms with Gasteiger partial charge in [-0.3, -0.25) is 0 Å². The zero-order valence-corrected chi connectivity index (χ0v) is 20.5. The monoisotopic (exact) mass is 477 g/mol. The summed E-state index contributed by atoms with van der Waals surface area (Å²) in [4.78, 5) is 6.10. The Morgan fingerprint density at radius 1 is 1.16 bits per heavy atom. The topological polar surface area (TPSA) is 53.5 Å². The highest BCUT2D eigenvalue weighted by atomic mass is 35.5. The number of aromatic nitrogens is 1. The lowest BCUT2D eigenvalue weighted by Crippen LogP contribution is -2.54. The van der Waals surface area contributed by atoms with Gasteiger partial charge in [0, 0.05) is 38.0 Å². The van der Waals surface area contributed by atoms with Crippen molar-refractivity contribution in [1.29, 1.82) is 0 Å². The molecule has 166 valence electrons. The third kappa shape index (κ3) is 4.60. The Labute approximate surface area is 194 Å². The predicted octanol–water partition coefficient (Wildman–Crippen LogP) is 4.29. The Hall–Kier alpha value is -1.67. The van der Waals surface area contributed by atoms with E-state index in [0.717, 1.165) is 17.2 Å². The molecule has 1 saturated heterocycles. The van der Waals surface area contributed by atoms with Crippen LogP contribution in [-0.2, 0) is 16.4 Å². The number of hydrogen-bond acceptors (Lipinski definition) is 5. The van der Waals surface area contributed by atoms with Crippen molar-refractivity contribution >= 4 is 38.1 Å². The van der Waals surface area contributed by atoms with Crippen LogP contribution in [0.15, 0.2) is 47.9 Å². The number of sulfonamides is 1. The van der Waals surface area contributed by atoms with Crippen LogP contribution >= 0.6 is 22.9 Å². The van der Waals surface area contributed by atoms with Crippen LogP contribution in [0.3, 0.4) is 0 Å². The van der Waals surface area contributed by atoms with E-state index in [4.69, 9.17) is 16.6 Å². The van der Waals surface area contributed by atoms with Gasteiger partial charge in [0.1, 0.15) is 5.25 Å². The molecule has 5 nitrogen and oxygen atoms in total. The van der Waals surface area contributed by atoms with E-state index >= 15 is 0 Å². The van der Waals surface area contributed by atoms with Gasteiger partial charge in [-0.05, 0) is 37.5 Å². The summed E-state index contributed by atoms with van der Waals surface area (Å²) in [7, 11) is -3.52. The molecule has 1 aromatic heterocycles. The maximum atomic E-state index is 13.2. The number of alkyl halides is 1. The number of halogens is 1. The van der Waals surface area contributed by atoms with Crippen LogP contribution in [0.4, 0.5) is 5.13 Å². The molecule has 0 radical (unpaired) electrons. The SMILES string of the molecule is Cc1cccc(C)c1Cc1csc(N2CCN(S(=O)(=O)C3C=CC=CC3(C)Cl)CC2)n1. The Morgan fingerprint density at radius 3 is 2.48 bits per heavy atom. The molecule has 1 aliphatic carbocycles. The van der Waals surface area contributed by atoms with E-state index in [1.54, 1.807) is 46.9 Å². The number of rotatable bonds is 5. The number of nitrogens with zero attached hydrogens (tertiary/aromatic N) is 3. The number of piperazine rings is 1. The number of thiazole rings is 1. The number of benzene rings is 1. The smallest absolute Gasteiger partial charge is 0.222 e. The van der Waals surface area contributed by atoms with Crippen LogP contribution in [-0.4, -0.2) is 54.0 Å². The molecule has 0 bridgehead atoms. The standard InChI is InChI=1S/C23H28ClN3O2S2/c1-17-7-6-8-18(2)20(17)15-19-16-30-22(25-19)26-11-13-27(14-12-26)31(28,29)21-9-4-5-10-23(21,3)24/h4-10,16,21H,11-15H2,1-3H3. The van der Waals surface area contributed by atoms with E-state index in [2.05, 4.69) is 42.3 Å². The average molecular weight is 478 g/mol. The second-order valence-electron chi connectivity index (χ2n) is 8.42. The van der Waals surface area contributed by atoms with Crippen molar-refractivity contribution in [3.8, 4) is 0 Å². The summed E-state index contributed by atoms with van der Waals surface area (Å²) in [5, 5.41) is 2.32. The third-order valence-electron chi connectivity index (χ3n) is 6.11. The minimum Gasteiger partial charge on any atom is -0.345 e. The molecule has 1 aliphatic heterocycles. The van der Waals surface area contributed by atoms with Crippen LogP contribution < -0.4 is 4.90 Å². The van der Waals surface area contributed by atoms with Gasteiger partial charge in [0.05, 0.1) is 10.6 Å². The summed E-state index contributed by atoms with van der Waals surface area (Å²) in [6, 6.07) is 6.36. The van der Waals surface area contributed by atoms with Crippen LogP contribution in [0.25, 0.3) is 0 Å². The number of aryl methyl sites for hydroxylation is 2. The minimum atomic E-state index is -3.52. The van der Waals surface area contributed by atoms with E-state index in [1.165, 1.54) is 16.7 Å². The van der Waals surface area contributed by atoms with Crippen molar-refractivity contribution in [2.45, 2.75) is 37.3 Å². The van der Waals surface area contributed by atoms with Gasteiger partial charge in [-0.25, -0.2) is 13.4 Å². The highest BCUT2D eigenvalue weighted by Crippen LogP contribution is 2.33. The molecule has 0 saturated carbocycles. The van der Waals surface area contributed by atoms with E-state index in [9.17, 15) is 8.42 Å². The average Bonchev–Trinajstić information content (AvgIpc) is 3.19. The van der Waals surface area contributed by atoms with Gasteiger partial charge in [-0.2, -0.15) is 4.31 Å². The summed E-state index contributed by atoms with van der Waals surface area (Å²) in [6.07, 6.45) is 7.82. The van der Waals surface area contributed by atoms with Crippen molar-refractivity contribution in [3.05, 3.63) is 70.3 Å². The molecule has 2 atom stereocenters. The number of hydrogen-bond donors (Lipinski definition) is 0. The normalized spacial score (nSPS) is 24.6. The molecule has 2 aromatic rings. The van der Waals surface area contributed by atoms with E-state index in [0.29, 0.717) is 26.2 Å². The van der Waals surface area contributed by atoms with Crippen molar-refractivity contribution in [2.75, 3.05) is 31.1 Å². The summed E-state index contributed by atoms with van der Waals surface area (Å²) in [5.41, 5.74) is 4.95. The number of anilines is 1. The molecule has 0 amide bonds. The van der Waals surface area contributed by atoms with Crippen LogP contribution in [0.1, 0.15) is 29.3 Å². The molecule has 2 heterocycles. The molecule has 1 aromatic carbocycles. The molecule has 0 spiro atoms. The van der Waals surface area contributed by atoms with Crippen LogP contribution in [0.2, 0.25) is 0 Å². The largest absolute Gasteiger partial charge is 0.345 e. The van der Waals surface area contributed by atoms with Gasteiger partial charge in [-0.1, -0.05) is 42.5 Å². The third-order valence-corrected chi connectivity index (χ3v) is 9.92. The zero-order chi connectivity index (χ0) is 22.2. The van der Waals surface area contributed by atoms with Gasteiger partial charge in [0.2, 0.25) is 10.0 Å². The fraction of sp³-hybridized carbons (Fsp3) is 0.435. The first-order valence-electron chi connectivity index (χ1n) is 10.5. The highest BCUT2D eigenvalue weighted by molar-refractivity contribution is 7.90. The molecule has 2 unspecified atom stereocenters. The van der Waals surface area contributed by atoms with Gasteiger partial charge < -0.3 is 4.90 Å². The minimum absolute atomic E-state index is 0.440. The maximum Gasteiger partial charge on any atom is 0.222 e. The molecular weight excluding hydrogens is 450 g/mol. The quantitative estimate of drug-likeness (QED) is 0.602. The molecule has 2 aliphatic rings. The summed E-state index contributed by atoms with van der Waals surface area (Å²) < 4.78 is 28.0. The first-order valence-corrected chi connectivity index (χ1v) is 13.2. The van der Waals surface area contributed by atoms with Crippen molar-refractivity contribution in [1.82, 2.24) is 9.29 Å². The summed E-state index contributed by atoms with van der Waals surface area (Å²) in [6.45, 7) is 8.16. The fourth-order valence-electron chi connectivity index (χ4n) is 4.21. The Balaban J connectivity index is 1.42. The van der Waals surface area contributed by atoms with Crippen molar-refractivity contribution < 1.29 is 8.42 Å². The van der Waals surface area contributed by atoms with Gasteiger partial charge in [0.15, 0.2) is 5.13 Å². The van der Waals surface area contributed by atoms with Gasteiger partial charge >= 0.3 is 0 Å². The first kappa shape index (κ1) is 22.5. The second kappa shape index (κ2) is 8.70. The van der Waals surface area contributed by atoms with Gasteiger partial charge in [0.25, 0.3) is 0 Å². The highest BCUT2D eigenvalue weighted by Gasteiger charge is 2.43. The molecule has 1 fully saturated rings. The Morgan fingerprint density at radius 2 is 1.84 bits per heavy atom. The van der Waals surface area contributed by atoms with Crippen molar-refractivity contribution in [3.63, 3.8) is 0 Å². The molecule has 31 heavy (non-hydrogen) atoms. The zero-order valence-electron chi connectivity index (χ0n) is 18.1. The molecular formula is C23H28ClN3O2S2. The van der Waals surface area contributed by atoms with E-state index < -0.39 is 20.1 Å². The van der Waals surface area contributed by atoms with E-state index in [1.807, 2.05) is 0 Å². The number of allylic oxidation sites excluding steroid dienone is 3. The lowest BCUT2D eigenvalue weighted by molar-refractivity contribution is 0.379. The Kier molecular flexibility index (Phi) is 6.32. The Bertz CT molecular complexity index is 1090. The fourth-order valence-corrected chi connectivity index (χ4v) is 7.51.